The van der Waals surface area contributed by atoms with Gasteiger partial charge in [-0.3, -0.25) is 0 Å². The fourth-order valence-electron chi connectivity index (χ4n) is 7.59. The Balaban J connectivity index is 1.46. The predicted octanol–water partition coefficient (Wildman–Crippen LogP) is 12.6. The van der Waals surface area contributed by atoms with Crippen LogP contribution in [0, 0.1) is 0 Å². The van der Waals surface area contributed by atoms with Crippen LogP contribution in [-0.2, 0) is 0 Å². The lowest BCUT2D eigenvalue weighted by Crippen LogP contribution is -1.88. The summed E-state index contributed by atoms with van der Waals surface area (Å²) in [6.07, 6.45) is 0. The molecule has 198 valence electrons. The lowest BCUT2D eigenvalue weighted by atomic mass is 9.86. The molecule has 0 aliphatic rings. The molecule has 0 aliphatic carbocycles. The summed E-state index contributed by atoms with van der Waals surface area (Å²) in [6.45, 7) is 0. The van der Waals surface area contributed by atoms with Crippen LogP contribution in [-0.4, -0.2) is 0 Å². The summed E-state index contributed by atoms with van der Waals surface area (Å²) in [5.41, 5.74) is 2.56. The third kappa shape index (κ3) is 3.15. The van der Waals surface area contributed by atoms with Crippen LogP contribution in [0.1, 0.15) is 0 Å². The molecular weight excluding hydrogens is 537 g/mol. The Kier molecular flexibility index (Phi) is 4.69. The predicted molar refractivity (Wildman–Crippen MR) is 190 cm³/mol. The van der Waals surface area contributed by atoms with E-state index >= 15 is 0 Å². The van der Waals surface area contributed by atoms with E-state index in [9.17, 15) is 0 Å². The van der Waals surface area contributed by atoms with Crippen molar-refractivity contribution >= 4 is 96.1 Å². The van der Waals surface area contributed by atoms with E-state index in [-0.39, 0.29) is 0 Å². The van der Waals surface area contributed by atoms with Gasteiger partial charge in [0.05, 0.1) is 0 Å². The van der Waals surface area contributed by atoms with Gasteiger partial charge >= 0.3 is 0 Å². The fourth-order valence-corrected chi connectivity index (χ4v) is 8.83. The van der Waals surface area contributed by atoms with Gasteiger partial charge in [0, 0.05) is 20.2 Å². The van der Waals surface area contributed by atoms with Gasteiger partial charge in [0.2, 0.25) is 0 Å². The van der Waals surface area contributed by atoms with Crippen LogP contribution >= 0.6 is 11.3 Å². The van der Waals surface area contributed by atoms with E-state index in [1.807, 2.05) is 11.3 Å². The van der Waals surface area contributed by atoms with Gasteiger partial charge < -0.3 is 0 Å². The Morgan fingerprint density at radius 1 is 0.302 bits per heavy atom. The monoisotopic (exact) mass is 560 g/mol. The van der Waals surface area contributed by atoms with Gasteiger partial charge in [-0.1, -0.05) is 133 Å². The molecule has 0 nitrogen and oxygen atoms in total. The maximum Gasteiger partial charge on any atom is 0.0433 e. The highest BCUT2D eigenvalue weighted by atomic mass is 32.1. The first-order chi connectivity index (χ1) is 21.3. The number of fused-ring (bicyclic) bond motifs is 11. The molecule has 0 N–H and O–H groups in total. The van der Waals surface area contributed by atoms with Crippen molar-refractivity contribution < 1.29 is 0 Å². The van der Waals surface area contributed by atoms with Gasteiger partial charge in [0.25, 0.3) is 0 Å². The summed E-state index contributed by atoms with van der Waals surface area (Å²) < 4.78 is 2.69. The molecule has 0 fully saturated rings. The van der Waals surface area contributed by atoms with Crippen LogP contribution in [0.4, 0.5) is 0 Å². The molecule has 0 spiro atoms. The molecule has 0 radical (unpaired) electrons. The molecule has 9 aromatic carbocycles. The highest BCUT2D eigenvalue weighted by molar-refractivity contribution is 7.26. The molecule has 0 amide bonds. The average Bonchev–Trinajstić information content (AvgIpc) is 3.46. The van der Waals surface area contributed by atoms with Gasteiger partial charge in [-0.05, 0) is 87.9 Å². The summed E-state index contributed by atoms with van der Waals surface area (Å²) in [5, 5.41) is 18.4. The Labute approximate surface area is 252 Å². The van der Waals surface area contributed by atoms with E-state index in [0.717, 1.165) is 0 Å². The molecule has 0 aliphatic heterocycles. The van der Waals surface area contributed by atoms with Crippen molar-refractivity contribution in [3.05, 3.63) is 146 Å². The van der Waals surface area contributed by atoms with Gasteiger partial charge in [-0.2, -0.15) is 0 Å². The van der Waals surface area contributed by atoms with Gasteiger partial charge in [-0.25, -0.2) is 0 Å². The zero-order chi connectivity index (χ0) is 28.1. The third-order valence-corrected chi connectivity index (χ3v) is 10.6. The minimum absolute atomic E-state index is 1.26. The summed E-state index contributed by atoms with van der Waals surface area (Å²) >= 11 is 1.90. The van der Waals surface area contributed by atoms with E-state index in [0.29, 0.717) is 0 Å². The standard InChI is InChI=1S/C42H24S/c1-2-11-28-27(10-1)31-23-22-25(26-15-7-20-37-32-14-5-6-21-39(32)43-42(26)37)24-38(31)36-19-9-18-35-30-13-4-3-12-29(30)34-17-8-16-33(28)40(34)41(35)36/h1-24H. The molecule has 0 unspecified atom stereocenters. The van der Waals surface area contributed by atoms with Crippen LogP contribution in [0.15, 0.2) is 146 Å². The quantitative estimate of drug-likeness (QED) is 0.175. The smallest absolute Gasteiger partial charge is 0.0433 e. The molecule has 0 saturated carbocycles. The van der Waals surface area contributed by atoms with Crippen molar-refractivity contribution in [2.45, 2.75) is 0 Å². The number of benzene rings is 8. The van der Waals surface area contributed by atoms with E-state index in [4.69, 9.17) is 0 Å². The Morgan fingerprint density at radius 3 is 1.37 bits per heavy atom. The largest absolute Gasteiger partial charge is 0.135 e. The minimum atomic E-state index is 1.26. The number of rotatable bonds is 1. The van der Waals surface area contributed by atoms with Gasteiger partial charge in [0.15, 0.2) is 0 Å². The van der Waals surface area contributed by atoms with Crippen LogP contribution < -0.4 is 0 Å². The van der Waals surface area contributed by atoms with Crippen molar-refractivity contribution in [2.75, 3.05) is 0 Å². The van der Waals surface area contributed by atoms with Gasteiger partial charge in [0.1, 0.15) is 0 Å². The molecule has 1 aromatic heterocycles. The first-order valence-corrected chi connectivity index (χ1v) is 15.7. The Morgan fingerprint density at radius 2 is 0.744 bits per heavy atom. The maximum absolute atomic E-state index is 2.45. The SMILES string of the molecule is c1ccc2c(c1)sc1c(-c3ccc4c5ccccc5c5cccc6c7ccccc7c7cccc(c4c3)c7c56)cccc12. The van der Waals surface area contributed by atoms with E-state index < -0.39 is 0 Å². The second-order valence-corrected chi connectivity index (χ2v) is 12.6. The first kappa shape index (κ1) is 23.3. The highest BCUT2D eigenvalue weighted by Gasteiger charge is 2.17. The first-order valence-electron chi connectivity index (χ1n) is 14.9. The lowest BCUT2D eigenvalue weighted by Gasteiger charge is -2.16. The van der Waals surface area contributed by atoms with Crippen LogP contribution in [0.3, 0.4) is 0 Å². The Bertz CT molecular complexity index is 2780. The summed E-state index contributed by atoms with van der Waals surface area (Å²) in [4.78, 5) is 0. The second kappa shape index (κ2) is 8.64. The average molecular weight is 561 g/mol. The molecule has 1 heterocycles. The fraction of sp³-hybridized carbons (Fsp3) is 0. The van der Waals surface area contributed by atoms with Gasteiger partial charge in [-0.15, -0.1) is 11.3 Å². The molecule has 10 rings (SSSR count). The minimum Gasteiger partial charge on any atom is -0.135 e. The zero-order valence-corrected chi connectivity index (χ0v) is 24.1. The highest BCUT2D eigenvalue weighted by Crippen LogP contribution is 2.45. The summed E-state index contributed by atoms with van der Waals surface area (Å²) in [5.74, 6) is 0. The van der Waals surface area contributed by atoms with E-state index in [1.165, 1.54) is 95.9 Å². The van der Waals surface area contributed by atoms with Crippen molar-refractivity contribution in [3.63, 3.8) is 0 Å². The second-order valence-electron chi connectivity index (χ2n) is 11.6. The number of hydrogen-bond acceptors (Lipinski definition) is 1. The van der Waals surface area contributed by atoms with Crippen molar-refractivity contribution in [1.82, 2.24) is 0 Å². The normalized spacial score (nSPS) is 12.2. The maximum atomic E-state index is 2.45. The van der Waals surface area contributed by atoms with E-state index in [2.05, 4.69) is 146 Å². The summed E-state index contributed by atoms with van der Waals surface area (Å²) in [6, 6.07) is 54.3. The van der Waals surface area contributed by atoms with E-state index in [1.54, 1.807) is 0 Å². The molecule has 0 saturated heterocycles. The third-order valence-electron chi connectivity index (χ3n) is 9.42. The van der Waals surface area contributed by atoms with Crippen LogP contribution in [0.2, 0.25) is 0 Å². The van der Waals surface area contributed by atoms with Crippen molar-refractivity contribution in [1.29, 1.82) is 0 Å². The molecule has 0 atom stereocenters. The molecule has 10 aromatic rings. The zero-order valence-electron chi connectivity index (χ0n) is 23.3. The number of thiophene rings is 1. The topological polar surface area (TPSA) is 0 Å². The number of hydrogen-bond donors (Lipinski definition) is 0. The van der Waals surface area contributed by atoms with Crippen LogP contribution in [0.25, 0.3) is 95.9 Å². The molecular formula is C42H24S. The van der Waals surface area contributed by atoms with Crippen LogP contribution in [0.5, 0.6) is 0 Å². The molecule has 1 heteroatoms. The molecule has 0 bridgehead atoms. The lowest BCUT2D eigenvalue weighted by molar-refractivity contribution is 1.73. The summed E-state index contributed by atoms with van der Waals surface area (Å²) in [7, 11) is 0. The Hall–Kier alpha value is -5.24. The van der Waals surface area contributed by atoms with Crippen molar-refractivity contribution in [3.8, 4) is 11.1 Å². The molecule has 43 heavy (non-hydrogen) atoms. The van der Waals surface area contributed by atoms with Crippen molar-refractivity contribution in [2.24, 2.45) is 0 Å².